The zero-order valence-electron chi connectivity index (χ0n) is 12.5. The molecule has 23 heavy (non-hydrogen) atoms. The fraction of sp³-hybridized carbons (Fsp3) is 0.375. The van der Waals surface area contributed by atoms with Crippen molar-refractivity contribution in [1.82, 2.24) is 15.6 Å². The van der Waals surface area contributed by atoms with Crippen LogP contribution >= 0.6 is 36.4 Å². The highest BCUT2D eigenvalue weighted by atomic mass is 35.5. The molecule has 1 aromatic carbocycles. The smallest absolute Gasteiger partial charge is 0.253 e. The van der Waals surface area contributed by atoms with E-state index < -0.39 is 0 Å². The Morgan fingerprint density at radius 3 is 2.96 bits per heavy atom. The number of hydrogen-bond acceptors (Lipinski definition) is 3. The first-order chi connectivity index (χ1) is 10.2. The average molecular weight is 377 g/mol. The van der Waals surface area contributed by atoms with Crippen molar-refractivity contribution in [2.24, 2.45) is 5.92 Å². The number of pyridine rings is 1. The number of amides is 1. The molecule has 0 spiro atoms. The summed E-state index contributed by atoms with van der Waals surface area (Å²) in [4.78, 5) is 16.7. The van der Waals surface area contributed by atoms with Crippen LogP contribution in [0.5, 0.6) is 0 Å². The normalized spacial score (nSPS) is 16.5. The Morgan fingerprint density at radius 1 is 1.39 bits per heavy atom. The van der Waals surface area contributed by atoms with Gasteiger partial charge in [-0.05, 0) is 50.0 Å². The zero-order valence-corrected chi connectivity index (χ0v) is 14.9. The summed E-state index contributed by atoms with van der Waals surface area (Å²) in [6.45, 7) is 2.82. The summed E-state index contributed by atoms with van der Waals surface area (Å²) in [6.07, 6.45) is 3.89. The van der Waals surface area contributed by atoms with Crippen LogP contribution in [-0.4, -0.2) is 30.5 Å². The molecule has 1 aromatic heterocycles. The van der Waals surface area contributed by atoms with E-state index in [9.17, 15) is 4.79 Å². The second kappa shape index (κ2) is 9.28. The molecular weight excluding hydrogens is 357 g/mol. The molecule has 126 valence electrons. The van der Waals surface area contributed by atoms with Crippen LogP contribution < -0.4 is 10.6 Å². The maximum atomic E-state index is 12.4. The lowest BCUT2D eigenvalue weighted by Gasteiger charge is -2.11. The van der Waals surface area contributed by atoms with Gasteiger partial charge in [-0.15, -0.1) is 24.8 Å². The number of nitrogens with zero attached hydrogens (tertiary/aromatic N) is 1. The minimum absolute atomic E-state index is 0. The van der Waals surface area contributed by atoms with Crippen molar-refractivity contribution in [3.05, 3.63) is 41.0 Å². The van der Waals surface area contributed by atoms with E-state index in [1.165, 1.54) is 6.42 Å². The molecule has 0 aliphatic carbocycles. The van der Waals surface area contributed by atoms with Gasteiger partial charge in [0.2, 0.25) is 0 Å². The lowest BCUT2D eigenvalue weighted by Crippen LogP contribution is -2.26. The van der Waals surface area contributed by atoms with Gasteiger partial charge in [-0.2, -0.15) is 0 Å². The standard InChI is InChI=1S/C16H18ClN3O.2ClH/c17-13-8-12-2-1-5-19-15(12)14(9-13)16(21)20-7-4-11-3-6-18-10-11;;/h1-2,5,8-9,11,18H,3-4,6-7,10H2,(H,20,21);2*1H. The Kier molecular flexibility index (Phi) is 8.06. The van der Waals surface area contributed by atoms with Crippen molar-refractivity contribution < 1.29 is 4.79 Å². The van der Waals surface area contributed by atoms with Crippen LogP contribution in [0.1, 0.15) is 23.2 Å². The predicted octanol–water partition coefficient (Wildman–Crippen LogP) is 3.46. The molecule has 7 heteroatoms. The summed E-state index contributed by atoms with van der Waals surface area (Å²) in [5, 5.41) is 7.75. The van der Waals surface area contributed by atoms with Crippen LogP contribution in [0.4, 0.5) is 0 Å². The number of benzene rings is 1. The van der Waals surface area contributed by atoms with E-state index in [2.05, 4.69) is 15.6 Å². The first-order valence-corrected chi connectivity index (χ1v) is 7.65. The second-order valence-corrected chi connectivity index (χ2v) is 5.87. The second-order valence-electron chi connectivity index (χ2n) is 5.43. The average Bonchev–Trinajstić information content (AvgIpc) is 2.99. The molecule has 1 aliphatic heterocycles. The molecule has 3 rings (SSSR count). The first kappa shape index (κ1) is 20.0. The van der Waals surface area contributed by atoms with Crippen LogP contribution in [0, 0.1) is 5.92 Å². The fourth-order valence-corrected chi connectivity index (χ4v) is 3.00. The van der Waals surface area contributed by atoms with Crippen LogP contribution in [0.3, 0.4) is 0 Å². The van der Waals surface area contributed by atoms with E-state index in [-0.39, 0.29) is 30.7 Å². The molecule has 1 aliphatic rings. The molecule has 1 unspecified atom stereocenters. The van der Waals surface area contributed by atoms with Gasteiger partial charge >= 0.3 is 0 Å². The molecule has 1 saturated heterocycles. The molecule has 0 radical (unpaired) electrons. The van der Waals surface area contributed by atoms with E-state index in [0.29, 0.717) is 28.6 Å². The Bertz CT molecular complexity index is 660. The molecule has 2 N–H and O–H groups in total. The summed E-state index contributed by atoms with van der Waals surface area (Å²) in [5.74, 6) is 0.562. The van der Waals surface area contributed by atoms with Crippen molar-refractivity contribution in [3.8, 4) is 0 Å². The maximum absolute atomic E-state index is 12.4. The van der Waals surface area contributed by atoms with Crippen LogP contribution in [0.25, 0.3) is 10.9 Å². The highest BCUT2D eigenvalue weighted by Gasteiger charge is 2.16. The molecule has 1 atom stereocenters. The number of hydrogen-bond donors (Lipinski definition) is 2. The van der Waals surface area contributed by atoms with Crippen molar-refractivity contribution in [2.75, 3.05) is 19.6 Å². The number of aromatic nitrogens is 1. The van der Waals surface area contributed by atoms with E-state index in [1.807, 2.05) is 18.2 Å². The van der Waals surface area contributed by atoms with Gasteiger partial charge < -0.3 is 10.6 Å². The topological polar surface area (TPSA) is 54.0 Å². The Balaban J connectivity index is 0.00000132. The highest BCUT2D eigenvalue weighted by Crippen LogP contribution is 2.22. The van der Waals surface area contributed by atoms with Gasteiger partial charge in [0.05, 0.1) is 11.1 Å². The third-order valence-electron chi connectivity index (χ3n) is 3.91. The number of nitrogens with one attached hydrogen (secondary N) is 2. The quantitative estimate of drug-likeness (QED) is 0.859. The van der Waals surface area contributed by atoms with Crippen molar-refractivity contribution in [3.63, 3.8) is 0 Å². The Hall–Kier alpha value is -1.07. The molecule has 2 aromatic rings. The number of fused-ring (bicyclic) bond motifs is 1. The molecule has 1 amide bonds. The maximum Gasteiger partial charge on any atom is 0.253 e. The molecule has 0 saturated carbocycles. The van der Waals surface area contributed by atoms with Crippen molar-refractivity contribution >= 4 is 53.2 Å². The molecule has 0 bridgehead atoms. The van der Waals surface area contributed by atoms with Gasteiger partial charge in [-0.1, -0.05) is 17.7 Å². The predicted molar refractivity (Wildman–Crippen MR) is 99.2 cm³/mol. The van der Waals surface area contributed by atoms with Gasteiger partial charge in [0.15, 0.2) is 0 Å². The summed E-state index contributed by atoms with van der Waals surface area (Å²) in [5.41, 5.74) is 1.24. The van der Waals surface area contributed by atoms with Gasteiger partial charge in [0.1, 0.15) is 0 Å². The molecular formula is C16H20Cl3N3O. The highest BCUT2D eigenvalue weighted by molar-refractivity contribution is 6.32. The van der Waals surface area contributed by atoms with Crippen LogP contribution in [0.15, 0.2) is 30.5 Å². The van der Waals surface area contributed by atoms with E-state index >= 15 is 0 Å². The lowest BCUT2D eigenvalue weighted by molar-refractivity contribution is 0.0953. The number of carbonyl (C=O) groups excluding carboxylic acids is 1. The Labute approximate surface area is 153 Å². The third kappa shape index (κ3) is 4.95. The van der Waals surface area contributed by atoms with E-state index in [4.69, 9.17) is 11.6 Å². The monoisotopic (exact) mass is 375 g/mol. The summed E-state index contributed by atoms with van der Waals surface area (Å²) >= 11 is 6.09. The third-order valence-corrected chi connectivity index (χ3v) is 4.13. The van der Waals surface area contributed by atoms with Gasteiger partial charge in [0, 0.05) is 23.2 Å². The molecule has 2 heterocycles. The number of rotatable bonds is 4. The molecule has 1 fully saturated rings. The summed E-state index contributed by atoms with van der Waals surface area (Å²) in [7, 11) is 0. The Morgan fingerprint density at radius 2 is 2.22 bits per heavy atom. The van der Waals surface area contributed by atoms with Crippen LogP contribution in [-0.2, 0) is 0 Å². The van der Waals surface area contributed by atoms with Crippen molar-refractivity contribution in [2.45, 2.75) is 12.8 Å². The SMILES string of the molecule is Cl.Cl.O=C(NCCC1CCNC1)c1cc(Cl)cc2cccnc12. The van der Waals surface area contributed by atoms with Crippen molar-refractivity contribution in [1.29, 1.82) is 0 Å². The van der Waals surface area contributed by atoms with Gasteiger partial charge in [-0.25, -0.2) is 0 Å². The van der Waals surface area contributed by atoms with E-state index in [0.717, 1.165) is 24.9 Å². The summed E-state index contributed by atoms with van der Waals surface area (Å²) < 4.78 is 0. The number of carbonyl (C=O) groups is 1. The first-order valence-electron chi connectivity index (χ1n) is 7.27. The van der Waals surface area contributed by atoms with Gasteiger partial charge in [-0.3, -0.25) is 9.78 Å². The minimum atomic E-state index is -0.104. The number of halogens is 3. The minimum Gasteiger partial charge on any atom is -0.352 e. The fourth-order valence-electron chi connectivity index (χ4n) is 2.77. The van der Waals surface area contributed by atoms with Crippen LogP contribution in [0.2, 0.25) is 5.02 Å². The summed E-state index contributed by atoms with van der Waals surface area (Å²) in [6, 6.07) is 7.26. The lowest BCUT2D eigenvalue weighted by atomic mass is 10.0. The van der Waals surface area contributed by atoms with E-state index in [1.54, 1.807) is 12.3 Å². The molecule has 4 nitrogen and oxygen atoms in total. The largest absolute Gasteiger partial charge is 0.352 e. The zero-order chi connectivity index (χ0) is 14.7. The van der Waals surface area contributed by atoms with Gasteiger partial charge in [0.25, 0.3) is 5.91 Å².